The van der Waals surface area contributed by atoms with Crippen LogP contribution in [0.25, 0.3) is 0 Å². The number of nitrogens with zero attached hydrogens (tertiary/aromatic N) is 1. The Balaban J connectivity index is 3.91. The average Bonchev–Trinajstić information content (AvgIpc) is 3.34. The van der Waals surface area contributed by atoms with Crippen molar-refractivity contribution in [1.82, 2.24) is 0 Å². The van der Waals surface area contributed by atoms with Gasteiger partial charge in [0.1, 0.15) is 19.3 Å². The van der Waals surface area contributed by atoms with Gasteiger partial charge in [-0.3, -0.25) is 13.8 Å². The standard InChI is InChI=1S/C63H128NO7P/c1-6-8-10-12-14-16-18-20-22-24-26-28-29-30-31-32-33-34-35-36-37-38-40-42-44-46-48-50-52-54-56-63(65)71-62(61-70-72(66,67)69-59-57-64(3,4)5)60-68-58-55-53-51-49-47-45-43-41-39-27-25-23-21-19-17-15-13-11-9-7-2/h62H,6-61H2,1-5H3/p+1/t62-/m1/s1. The lowest BCUT2D eigenvalue weighted by atomic mass is 10.0. The van der Waals surface area contributed by atoms with Crippen LogP contribution in [0.1, 0.15) is 341 Å². The summed E-state index contributed by atoms with van der Waals surface area (Å²) in [6, 6.07) is 0. The fourth-order valence-electron chi connectivity index (χ4n) is 9.97. The molecule has 1 unspecified atom stereocenters. The zero-order valence-electron chi connectivity index (χ0n) is 49.5. The Morgan fingerprint density at radius 3 is 0.917 bits per heavy atom. The van der Waals surface area contributed by atoms with E-state index in [1.165, 1.54) is 289 Å². The monoisotopic (exact) mass is 1040 g/mol. The van der Waals surface area contributed by atoms with E-state index < -0.39 is 13.9 Å². The number of phosphoric ester groups is 1. The highest BCUT2D eigenvalue weighted by molar-refractivity contribution is 7.47. The van der Waals surface area contributed by atoms with Crippen LogP contribution in [0, 0.1) is 0 Å². The third kappa shape index (κ3) is 60.4. The highest BCUT2D eigenvalue weighted by atomic mass is 31.2. The second-order valence-electron chi connectivity index (χ2n) is 23.5. The van der Waals surface area contributed by atoms with Crippen molar-refractivity contribution in [2.75, 3.05) is 54.1 Å². The van der Waals surface area contributed by atoms with E-state index in [0.717, 1.165) is 32.1 Å². The van der Waals surface area contributed by atoms with E-state index in [-0.39, 0.29) is 25.8 Å². The fourth-order valence-corrected chi connectivity index (χ4v) is 10.7. The highest BCUT2D eigenvalue weighted by Gasteiger charge is 2.26. The van der Waals surface area contributed by atoms with Crippen LogP contribution in [0.2, 0.25) is 0 Å². The predicted octanol–water partition coefficient (Wildman–Crippen LogP) is 20.7. The van der Waals surface area contributed by atoms with Crippen molar-refractivity contribution < 1.29 is 37.3 Å². The number of ether oxygens (including phenoxy) is 2. The molecule has 0 aliphatic heterocycles. The van der Waals surface area contributed by atoms with Crippen LogP contribution in [0.5, 0.6) is 0 Å². The molecule has 0 aromatic rings. The van der Waals surface area contributed by atoms with Crippen molar-refractivity contribution in [3.63, 3.8) is 0 Å². The second kappa shape index (κ2) is 56.7. The van der Waals surface area contributed by atoms with Crippen LogP contribution >= 0.6 is 7.82 Å². The summed E-state index contributed by atoms with van der Waals surface area (Å²) < 4.78 is 35.4. The fraction of sp³-hybridized carbons (Fsp3) is 0.984. The minimum absolute atomic E-state index is 0.0946. The summed E-state index contributed by atoms with van der Waals surface area (Å²) in [5, 5.41) is 0. The van der Waals surface area contributed by atoms with E-state index in [2.05, 4.69) is 13.8 Å². The number of esters is 1. The first-order chi connectivity index (χ1) is 35.1. The van der Waals surface area contributed by atoms with Gasteiger partial charge in [0.2, 0.25) is 0 Å². The molecule has 0 amide bonds. The quantitative estimate of drug-likeness (QED) is 0.0281. The summed E-state index contributed by atoms with van der Waals surface area (Å²) in [5.74, 6) is -0.301. The topological polar surface area (TPSA) is 91.3 Å². The Kier molecular flexibility index (Phi) is 56.3. The first-order valence-electron chi connectivity index (χ1n) is 32.3. The molecule has 8 nitrogen and oxygen atoms in total. The molecule has 1 N–H and O–H groups in total. The van der Waals surface area contributed by atoms with Gasteiger partial charge in [-0.25, -0.2) is 4.57 Å². The van der Waals surface area contributed by atoms with Crippen LogP contribution in [0.3, 0.4) is 0 Å². The molecule has 0 aliphatic rings. The van der Waals surface area contributed by atoms with Gasteiger partial charge in [-0.1, -0.05) is 322 Å². The number of carbonyl (C=O) groups is 1. The number of hydrogen-bond acceptors (Lipinski definition) is 6. The Hall–Kier alpha value is -0.500. The Morgan fingerprint density at radius 2 is 0.639 bits per heavy atom. The summed E-state index contributed by atoms with van der Waals surface area (Å²) >= 11 is 0. The van der Waals surface area contributed by atoms with Crippen molar-refractivity contribution in [2.45, 2.75) is 347 Å². The van der Waals surface area contributed by atoms with Gasteiger partial charge < -0.3 is 18.9 Å². The zero-order valence-corrected chi connectivity index (χ0v) is 50.4. The lowest BCUT2D eigenvalue weighted by molar-refractivity contribution is -0.870. The van der Waals surface area contributed by atoms with Gasteiger partial charge in [0, 0.05) is 13.0 Å². The largest absolute Gasteiger partial charge is 0.472 e. The van der Waals surface area contributed by atoms with Crippen molar-refractivity contribution >= 4 is 13.8 Å². The summed E-state index contributed by atoms with van der Waals surface area (Å²) in [6.45, 7) is 5.73. The van der Waals surface area contributed by atoms with Crippen molar-refractivity contribution in [3.05, 3.63) is 0 Å². The first-order valence-corrected chi connectivity index (χ1v) is 33.8. The number of unbranched alkanes of at least 4 members (excludes halogenated alkanes) is 48. The molecule has 72 heavy (non-hydrogen) atoms. The number of hydrogen-bond donors (Lipinski definition) is 1. The summed E-state index contributed by atoms with van der Waals surface area (Å²) in [4.78, 5) is 23.1. The maximum atomic E-state index is 12.8. The Bertz CT molecular complexity index is 1120. The third-order valence-electron chi connectivity index (χ3n) is 14.9. The molecule has 0 rings (SSSR count). The Labute approximate surface area is 450 Å². The van der Waals surface area contributed by atoms with Crippen molar-refractivity contribution in [1.29, 1.82) is 0 Å². The van der Waals surface area contributed by atoms with E-state index in [4.69, 9.17) is 18.5 Å². The molecule has 9 heteroatoms. The molecule has 0 spiro atoms. The van der Waals surface area contributed by atoms with Gasteiger partial charge >= 0.3 is 13.8 Å². The maximum Gasteiger partial charge on any atom is 0.472 e. The summed E-state index contributed by atoms with van der Waals surface area (Å²) in [5.41, 5.74) is 0. The van der Waals surface area contributed by atoms with Gasteiger partial charge in [-0.05, 0) is 12.8 Å². The van der Waals surface area contributed by atoms with Crippen LogP contribution < -0.4 is 0 Å². The number of likely N-dealkylation sites (N-methyl/N-ethyl adjacent to an activating group) is 1. The number of phosphoric acid groups is 1. The second-order valence-corrected chi connectivity index (χ2v) is 25.0. The molecule has 432 valence electrons. The lowest BCUT2D eigenvalue weighted by Gasteiger charge is -2.24. The SMILES string of the molecule is CCCCCCCCCCCCCCCCCCCCCCCCCCCCCCCCC(=O)O[C@H](COCCCCCCCCCCCCCCCCCCCCCC)COP(=O)(O)OCC[N+](C)(C)C. The van der Waals surface area contributed by atoms with Gasteiger partial charge in [-0.2, -0.15) is 0 Å². The predicted molar refractivity (Wildman–Crippen MR) is 312 cm³/mol. The molecule has 0 heterocycles. The molecule has 0 saturated heterocycles. The Morgan fingerprint density at radius 1 is 0.375 bits per heavy atom. The summed E-state index contributed by atoms with van der Waals surface area (Å²) in [6.07, 6.45) is 67.7. The van der Waals surface area contributed by atoms with Gasteiger partial charge in [0.05, 0.1) is 34.4 Å². The third-order valence-corrected chi connectivity index (χ3v) is 15.9. The van der Waals surface area contributed by atoms with E-state index in [1.54, 1.807) is 0 Å². The minimum Gasteiger partial charge on any atom is -0.457 e. The molecular formula is C63H129NO7P+. The summed E-state index contributed by atoms with van der Waals surface area (Å²) in [7, 11) is 1.70. The van der Waals surface area contributed by atoms with E-state index in [9.17, 15) is 14.3 Å². The number of rotatable bonds is 62. The molecule has 0 aromatic heterocycles. The molecule has 0 aromatic carbocycles. The van der Waals surface area contributed by atoms with Crippen LogP contribution in [-0.2, 0) is 27.9 Å². The van der Waals surface area contributed by atoms with Crippen LogP contribution in [-0.4, -0.2) is 75.6 Å². The molecule has 0 fully saturated rings. The zero-order chi connectivity index (χ0) is 52.6. The molecule has 0 aliphatic carbocycles. The van der Waals surface area contributed by atoms with Crippen molar-refractivity contribution in [2.24, 2.45) is 0 Å². The molecule has 0 saturated carbocycles. The lowest BCUT2D eigenvalue weighted by Crippen LogP contribution is -2.37. The minimum atomic E-state index is -4.28. The normalized spacial score (nSPS) is 13.2. The molecule has 0 bridgehead atoms. The molecule has 2 atom stereocenters. The average molecular weight is 1040 g/mol. The van der Waals surface area contributed by atoms with Crippen LogP contribution in [0.15, 0.2) is 0 Å². The first kappa shape index (κ1) is 71.5. The number of carbonyl (C=O) groups excluding carboxylic acids is 1. The highest BCUT2D eigenvalue weighted by Crippen LogP contribution is 2.43. The number of quaternary nitrogens is 1. The van der Waals surface area contributed by atoms with Crippen molar-refractivity contribution in [3.8, 4) is 0 Å². The van der Waals surface area contributed by atoms with E-state index >= 15 is 0 Å². The van der Waals surface area contributed by atoms with Gasteiger partial charge in [-0.15, -0.1) is 0 Å². The van der Waals surface area contributed by atoms with Gasteiger partial charge in [0.15, 0.2) is 0 Å². The van der Waals surface area contributed by atoms with Crippen LogP contribution in [0.4, 0.5) is 0 Å². The molecule has 0 radical (unpaired) electrons. The van der Waals surface area contributed by atoms with E-state index in [0.29, 0.717) is 24.1 Å². The smallest absolute Gasteiger partial charge is 0.457 e. The van der Waals surface area contributed by atoms with Gasteiger partial charge in [0.25, 0.3) is 0 Å². The van der Waals surface area contributed by atoms with E-state index in [1.807, 2.05) is 21.1 Å². The molecular weight excluding hydrogens is 914 g/mol. The maximum absolute atomic E-state index is 12.8.